The highest BCUT2D eigenvalue weighted by atomic mass is 127. The Kier molecular flexibility index (Phi) is 9.83. The van der Waals surface area contributed by atoms with Crippen molar-refractivity contribution < 1.29 is 0 Å². The van der Waals surface area contributed by atoms with Crippen LogP contribution < -0.4 is 10.6 Å². The molecular formula is C23H38IN7. The summed E-state index contributed by atoms with van der Waals surface area (Å²) < 4.78 is 2.06. The fourth-order valence-electron chi connectivity index (χ4n) is 4.90. The number of aliphatic imine (C=N–C) groups is 1. The van der Waals surface area contributed by atoms with Crippen molar-refractivity contribution in [3.8, 4) is 0 Å². The Morgan fingerprint density at radius 2 is 1.90 bits per heavy atom. The molecule has 2 N–H and O–H groups in total. The van der Waals surface area contributed by atoms with Crippen molar-refractivity contribution in [3.05, 3.63) is 30.2 Å². The first kappa shape index (κ1) is 24.2. The first-order chi connectivity index (χ1) is 14.8. The number of halogens is 1. The van der Waals surface area contributed by atoms with Gasteiger partial charge in [-0.3, -0.25) is 9.39 Å². The number of aromatic nitrogens is 3. The minimum Gasteiger partial charge on any atom is -0.356 e. The molecular weight excluding hydrogens is 501 g/mol. The minimum atomic E-state index is 0. The molecule has 0 atom stereocenters. The van der Waals surface area contributed by atoms with Gasteiger partial charge >= 0.3 is 0 Å². The van der Waals surface area contributed by atoms with E-state index in [-0.39, 0.29) is 24.0 Å². The van der Waals surface area contributed by atoms with Crippen molar-refractivity contribution in [2.45, 2.75) is 63.8 Å². The Bertz CT molecular complexity index is 807. The van der Waals surface area contributed by atoms with Crippen molar-refractivity contribution in [2.24, 2.45) is 10.9 Å². The van der Waals surface area contributed by atoms with Gasteiger partial charge in [-0.1, -0.05) is 25.3 Å². The summed E-state index contributed by atoms with van der Waals surface area (Å²) in [4.78, 5) is 7.11. The normalized spacial score (nSPS) is 19.3. The molecule has 0 radical (unpaired) electrons. The fourth-order valence-corrected chi connectivity index (χ4v) is 4.90. The van der Waals surface area contributed by atoms with Gasteiger partial charge in [0.25, 0.3) is 0 Å². The van der Waals surface area contributed by atoms with E-state index in [2.05, 4.69) is 35.1 Å². The lowest BCUT2D eigenvalue weighted by molar-refractivity contribution is 0.160. The lowest BCUT2D eigenvalue weighted by Crippen LogP contribution is -2.49. The number of fused-ring (bicyclic) bond motifs is 1. The lowest BCUT2D eigenvalue weighted by Gasteiger charge is -2.36. The molecule has 7 nitrogen and oxygen atoms in total. The third kappa shape index (κ3) is 7.03. The van der Waals surface area contributed by atoms with Crippen LogP contribution in [0.4, 0.5) is 0 Å². The summed E-state index contributed by atoms with van der Waals surface area (Å²) in [5.74, 6) is 2.88. The smallest absolute Gasteiger partial charge is 0.191 e. The van der Waals surface area contributed by atoms with E-state index in [0.29, 0.717) is 6.04 Å². The van der Waals surface area contributed by atoms with E-state index in [1.165, 1.54) is 64.6 Å². The van der Waals surface area contributed by atoms with Crippen LogP contribution in [0.15, 0.2) is 29.4 Å². The van der Waals surface area contributed by atoms with E-state index in [1.807, 2.05) is 31.4 Å². The van der Waals surface area contributed by atoms with E-state index in [4.69, 9.17) is 0 Å². The first-order valence-electron chi connectivity index (χ1n) is 11.8. The first-order valence-corrected chi connectivity index (χ1v) is 11.8. The van der Waals surface area contributed by atoms with Gasteiger partial charge < -0.3 is 15.5 Å². The number of nitrogens with zero attached hydrogens (tertiary/aromatic N) is 5. The van der Waals surface area contributed by atoms with Gasteiger partial charge in [-0.2, -0.15) is 0 Å². The molecule has 31 heavy (non-hydrogen) atoms. The molecule has 2 fully saturated rings. The summed E-state index contributed by atoms with van der Waals surface area (Å²) in [6.07, 6.45) is 13.6. The van der Waals surface area contributed by atoms with Gasteiger partial charge in [-0.15, -0.1) is 34.2 Å². The maximum absolute atomic E-state index is 4.43. The number of nitrogens with one attached hydrogen (secondary N) is 2. The minimum absolute atomic E-state index is 0. The van der Waals surface area contributed by atoms with Gasteiger partial charge in [0.2, 0.25) is 0 Å². The molecule has 1 aliphatic heterocycles. The maximum atomic E-state index is 4.43. The topological polar surface area (TPSA) is 69.8 Å². The Balaban J connectivity index is 0.00000272. The van der Waals surface area contributed by atoms with Crippen molar-refractivity contribution in [2.75, 3.05) is 33.2 Å². The molecule has 4 rings (SSSR count). The molecule has 172 valence electrons. The largest absolute Gasteiger partial charge is 0.356 e. The SMILES string of the molecule is CN=C(NCCCc1nnc2ccccn12)NC1CCN(CC2CCCCC2)CC1.I. The van der Waals surface area contributed by atoms with Crippen molar-refractivity contribution in [1.82, 2.24) is 30.1 Å². The predicted octanol–water partition coefficient (Wildman–Crippen LogP) is 3.49. The zero-order valence-corrected chi connectivity index (χ0v) is 21.1. The van der Waals surface area contributed by atoms with Crippen molar-refractivity contribution >= 4 is 35.6 Å². The molecule has 1 saturated carbocycles. The van der Waals surface area contributed by atoms with Gasteiger partial charge in [0, 0.05) is 51.9 Å². The summed E-state index contributed by atoms with van der Waals surface area (Å²) in [6, 6.07) is 6.52. The zero-order chi connectivity index (χ0) is 20.6. The fraction of sp³-hybridized carbons (Fsp3) is 0.696. The van der Waals surface area contributed by atoms with Crippen LogP contribution in [0, 0.1) is 5.92 Å². The average Bonchev–Trinajstić information content (AvgIpc) is 3.21. The molecule has 3 heterocycles. The lowest BCUT2D eigenvalue weighted by atomic mass is 9.88. The van der Waals surface area contributed by atoms with Crippen LogP contribution in [0.2, 0.25) is 0 Å². The Morgan fingerprint density at radius 3 is 2.68 bits per heavy atom. The average molecular weight is 540 g/mol. The monoisotopic (exact) mass is 539 g/mol. The maximum Gasteiger partial charge on any atom is 0.191 e. The van der Waals surface area contributed by atoms with E-state index < -0.39 is 0 Å². The van der Waals surface area contributed by atoms with Crippen LogP contribution in [0.3, 0.4) is 0 Å². The van der Waals surface area contributed by atoms with Crippen molar-refractivity contribution in [1.29, 1.82) is 0 Å². The summed E-state index contributed by atoms with van der Waals surface area (Å²) in [5, 5.41) is 15.6. The third-order valence-electron chi connectivity index (χ3n) is 6.65. The Labute approximate surface area is 203 Å². The molecule has 1 saturated heterocycles. The van der Waals surface area contributed by atoms with Crippen LogP contribution in [0.25, 0.3) is 5.65 Å². The van der Waals surface area contributed by atoms with Gasteiger partial charge in [0.15, 0.2) is 11.6 Å². The molecule has 2 aliphatic rings. The van der Waals surface area contributed by atoms with Crippen molar-refractivity contribution in [3.63, 3.8) is 0 Å². The van der Waals surface area contributed by atoms with Crippen LogP contribution in [-0.4, -0.2) is 64.7 Å². The number of likely N-dealkylation sites (tertiary alicyclic amines) is 1. The molecule has 0 aromatic carbocycles. The predicted molar refractivity (Wildman–Crippen MR) is 137 cm³/mol. The standard InChI is InChI=1S/C23H37N7.HI/c1-24-23(25-14-7-11-22-28-27-21-10-5-6-15-30(21)22)26-20-12-16-29(17-13-20)18-19-8-3-2-4-9-19;/h5-6,10,15,19-20H,2-4,7-9,11-14,16-18H2,1H3,(H2,24,25,26);1H. The van der Waals surface area contributed by atoms with E-state index in [9.17, 15) is 0 Å². The Morgan fingerprint density at radius 1 is 1.10 bits per heavy atom. The molecule has 0 bridgehead atoms. The third-order valence-corrected chi connectivity index (χ3v) is 6.65. The van der Waals surface area contributed by atoms with Crippen LogP contribution >= 0.6 is 24.0 Å². The highest BCUT2D eigenvalue weighted by Gasteiger charge is 2.23. The molecule has 0 unspecified atom stereocenters. The van der Waals surface area contributed by atoms with Crippen LogP contribution in [0.1, 0.15) is 57.2 Å². The zero-order valence-electron chi connectivity index (χ0n) is 18.8. The highest BCUT2D eigenvalue weighted by Crippen LogP contribution is 2.25. The molecule has 0 spiro atoms. The number of aryl methyl sites for hydroxylation is 1. The highest BCUT2D eigenvalue weighted by molar-refractivity contribution is 14.0. The molecule has 1 aliphatic carbocycles. The summed E-state index contributed by atoms with van der Waals surface area (Å²) in [7, 11) is 1.86. The quantitative estimate of drug-likeness (QED) is 0.244. The van der Waals surface area contributed by atoms with Gasteiger partial charge in [-0.25, -0.2) is 0 Å². The van der Waals surface area contributed by atoms with Crippen LogP contribution in [0.5, 0.6) is 0 Å². The number of piperidine rings is 1. The summed E-state index contributed by atoms with van der Waals surface area (Å²) >= 11 is 0. The van der Waals surface area contributed by atoms with Crippen LogP contribution in [-0.2, 0) is 6.42 Å². The Hall–Kier alpha value is -1.42. The second kappa shape index (κ2) is 12.6. The number of hydrogen-bond donors (Lipinski definition) is 2. The number of rotatable bonds is 7. The molecule has 2 aromatic heterocycles. The summed E-state index contributed by atoms with van der Waals surface area (Å²) in [5.41, 5.74) is 0.910. The molecule has 2 aromatic rings. The summed E-state index contributed by atoms with van der Waals surface area (Å²) in [6.45, 7) is 4.62. The molecule has 0 amide bonds. The van der Waals surface area contributed by atoms with Gasteiger partial charge in [-0.05, 0) is 50.2 Å². The van der Waals surface area contributed by atoms with E-state index in [1.54, 1.807) is 0 Å². The van der Waals surface area contributed by atoms with E-state index in [0.717, 1.165) is 42.7 Å². The second-order valence-electron chi connectivity index (χ2n) is 8.87. The number of guanidine groups is 1. The van der Waals surface area contributed by atoms with Gasteiger partial charge in [0.05, 0.1) is 0 Å². The van der Waals surface area contributed by atoms with Gasteiger partial charge in [0.1, 0.15) is 5.82 Å². The van der Waals surface area contributed by atoms with E-state index >= 15 is 0 Å². The molecule has 8 heteroatoms. The number of hydrogen-bond acceptors (Lipinski definition) is 4. The number of pyridine rings is 1. The second-order valence-corrected chi connectivity index (χ2v) is 8.87.